The number of carbonyl (C=O) groups is 2. The molecule has 1 aliphatic rings. The summed E-state index contributed by atoms with van der Waals surface area (Å²) >= 11 is 0. The minimum Gasteiger partial charge on any atom is -0.355 e. The number of hydrogen-bond acceptors (Lipinski definition) is 3. The number of halogens is 1. The molecule has 1 aliphatic heterocycles. The first-order valence-corrected chi connectivity index (χ1v) is 6.41. The predicted octanol–water partition coefficient (Wildman–Crippen LogP) is 0.439. The zero-order valence-corrected chi connectivity index (χ0v) is 11.9. The summed E-state index contributed by atoms with van der Waals surface area (Å²) in [6, 6.07) is -0.441. The molecule has 2 amide bonds. The van der Waals surface area contributed by atoms with Crippen LogP contribution in [0.5, 0.6) is 0 Å². The molecule has 18 heavy (non-hydrogen) atoms. The lowest BCUT2D eigenvalue weighted by molar-refractivity contribution is -0.128. The van der Waals surface area contributed by atoms with Gasteiger partial charge in [-0.2, -0.15) is 0 Å². The third kappa shape index (κ3) is 6.21. The predicted molar refractivity (Wildman–Crippen MR) is 73.7 cm³/mol. The van der Waals surface area contributed by atoms with Crippen molar-refractivity contribution in [1.29, 1.82) is 0 Å². The highest BCUT2D eigenvalue weighted by Gasteiger charge is 2.18. The summed E-state index contributed by atoms with van der Waals surface area (Å²) in [6.07, 6.45) is 2.57. The van der Waals surface area contributed by atoms with Crippen LogP contribution in [-0.2, 0) is 9.59 Å². The number of carbonyl (C=O) groups excluding carboxylic acids is 2. The number of likely N-dealkylation sites (N-methyl/N-ethyl adjacent to an activating group) is 1. The Labute approximate surface area is 115 Å². The molecule has 1 saturated heterocycles. The van der Waals surface area contributed by atoms with Gasteiger partial charge in [0.2, 0.25) is 11.8 Å². The SMILES string of the molecule is CCNC(=O)C(C)NC(=O)CCC1CCNC1.Cl. The van der Waals surface area contributed by atoms with E-state index in [2.05, 4.69) is 16.0 Å². The van der Waals surface area contributed by atoms with Crippen molar-refractivity contribution in [2.75, 3.05) is 19.6 Å². The number of rotatable bonds is 6. The van der Waals surface area contributed by atoms with Crippen LogP contribution in [0.4, 0.5) is 0 Å². The summed E-state index contributed by atoms with van der Waals surface area (Å²) in [5, 5.41) is 8.68. The van der Waals surface area contributed by atoms with Crippen molar-refractivity contribution in [2.24, 2.45) is 5.92 Å². The van der Waals surface area contributed by atoms with Crippen LogP contribution in [0.2, 0.25) is 0 Å². The monoisotopic (exact) mass is 277 g/mol. The van der Waals surface area contributed by atoms with E-state index in [9.17, 15) is 9.59 Å². The van der Waals surface area contributed by atoms with Gasteiger partial charge in [-0.15, -0.1) is 12.4 Å². The normalized spacial score (nSPS) is 19.8. The van der Waals surface area contributed by atoms with Crippen molar-refractivity contribution >= 4 is 24.2 Å². The van der Waals surface area contributed by atoms with E-state index < -0.39 is 6.04 Å². The fourth-order valence-corrected chi connectivity index (χ4v) is 2.00. The van der Waals surface area contributed by atoms with Crippen molar-refractivity contribution in [2.45, 2.75) is 39.2 Å². The van der Waals surface area contributed by atoms with Crippen LogP contribution in [0.15, 0.2) is 0 Å². The second-order valence-corrected chi connectivity index (χ2v) is 4.58. The molecule has 5 nitrogen and oxygen atoms in total. The van der Waals surface area contributed by atoms with Gasteiger partial charge >= 0.3 is 0 Å². The van der Waals surface area contributed by atoms with Gasteiger partial charge < -0.3 is 16.0 Å². The quantitative estimate of drug-likeness (QED) is 0.660. The maximum absolute atomic E-state index is 11.6. The van der Waals surface area contributed by atoms with E-state index in [0.717, 1.165) is 25.9 Å². The molecule has 0 bridgehead atoms. The first-order chi connectivity index (χ1) is 8.13. The second kappa shape index (κ2) is 9.16. The number of hydrogen-bond donors (Lipinski definition) is 3. The number of nitrogens with one attached hydrogen (secondary N) is 3. The second-order valence-electron chi connectivity index (χ2n) is 4.58. The molecule has 1 heterocycles. The van der Waals surface area contributed by atoms with Gasteiger partial charge in [-0.3, -0.25) is 9.59 Å². The van der Waals surface area contributed by atoms with Gasteiger partial charge in [0.25, 0.3) is 0 Å². The Morgan fingerprint density at radius 2 is 2.17 bits per heavy atom. The summed E-state index contributed by atoms with van der Waals surface area (Å²) in [5.74, 6) is 0.458. The minimum absolute atomic E-state index is 0. The van der Waals surface area contributed by atoms with Crippen LogP contribution in [-0.4, -0.2) is 37.5 Å². The standard InChI is InChI=1S/C12H23N3O2.ClH/c1-3-14-12(17)9(2)15-11(16)5-4-10-6-7-13-8-10;/h9-10,13H,3-8H2,1-2H3,(H,14,17)(H,15,16);1H. The Morgan fingerprint density at radius 3 is 2.72 bits per heavy atom. The zero-order valence-electron chi connectivity index (χ0n) is 11.1. The first-order valence-electron chi connectivity index (χ1n) is 6.41. The molecule has 0 aliphatic carbocycles. The summed E-state index contributed by atoms with van der Waals surface area (Å²) in [6.45, 7) is 6.23. The molecule has 0 aromatic rings. The zero-order chi connectivity index (χ0) is 12.7. The molecule has 0 aromatic heterocycles. The molecular weight excluding hydrogens is 254 g/mol. The molecule has 3 N–H and O–H groups in total. The van der Waals surface area contributed by atoms with E-state index >= 15 is 0 Å². The molecule has 0 aromatic carbocycles. The van der Waals surface area contributed by atoms with Gasteiger partial charge in [0.1, 0.15) is 6.04 Å². The molecule has 6 heteroatoms. The van der Waals surface area contributed by atoms with Gasteiger partial charge in [0.05, 0.1) is 0 Å². The van der Waals surface area contributed by atoms with Gasteiger partial charge in [-0.1, -0.05) is 0 Å². The van der Waals surface area contributed by atoms with Crippen molar-refractivity contribution in [1.82, 2.24) is 16.0 Å². The Hall–Kier alpha value is -0.810. The van der Waals surface area contributed by atoms with Crippen LogP contribution in [0.25, 0.3) is 0 Å². The van der Waals surface area contributed by atoms with Crippen molar-refractivity contribution in [3.05, 3.63) is 0 Å². The molecule has 1 fully saturated rings. The van der Waals surface area contributed by atoms with Gasteiger partial charge in [0.15, 0.2) is 0 Å². The van der Waals surface area contributed by atoms with E-state index in [1.54, 1.807) is 6.92 Å². The average Bonchev–Trinajstić information content (AvgIpc) is 2.79. The van der Waals surface area contributed by atoms with Crippen LogP contribution < -0.4 is 16.0 Å². The Bertz CT molecular complexity index is 268. The lowest BCUT2D eigenvalue weighted by Crippen LogP contribution is -2.44. The molecule has 2 atom stereocenters. The highest BCUT2D eigenvalue weighted by Crippen LogP contribution is 2.13. The fraction of sp³-hybridized carbons (Fsp3) is 0.833. The van der Waals surface area contributed by atoms with Gasteiger partial charge in [0, 0.05) is 13.0 Å². The minimum atomic E-state index is -0.441. The Kier molecular flexibility index (Phi) is 8.75. The van der Waals surface area contributed by atoms with E-state index in [1.165, 1.54) is 0 Å². The third-order valence-electron chi connectivity index (χ3n) is 3.06. The van der Waals surface area contributed by atoms with E-state index in [4.69, 9.17) is 0 Å². The van der Waals surface area contributed by atoms with Crippen LogP contribution in [0, 0.1) is 5.92 Å². The van der Waals surface area contributed by atoms with E-state index in [1.807, 2.05) is 6.92 Å². The lowest BCUT2D eigenvalue weighted by atomic mass is 10.0. The van der Waals surface area contributed by atoms with Crippen LogP contribution in [0.1, 0.15) is 33.1 Å². The van der Waals surface area contributed by atoms with Crippen LogP contribution >= 0.6 is 12.4 Å². The third-order valence-corrected chi connectivity index (χ3v) is 3.06. The van der Waals surface area contributed by atoms with Crippen molar-refractivity contribution in [3.63, 3.8) is 0 Å². The van der Waals surface area contributed by atoms with Crippen molar-refractivity contribution < 1.29 is 9.59 Å². The van der Waals surface area contributed by atoms with E-state index in [0.29, 0.717) is 18.9 Å². The van der Waals surface area contributed by atoms with E-state index in [-0.39, 0.29) is 24.2 Å². The van der Waals surface area contributed by atoms with Gasteiger partial charge in [-0.25, -0.2) is 0 Å². The smallest absolute Gasteiger partial charge is 0.242 e. The summed E-state index contributed by atoms with van der Waals surface area (Å²) in [4.78, 5) is 23.0. The maximum atomic E-state index is 11.6. The molecule has 0 spiro atoms. The lowest BCUT2D eigenvalue weighted by Gasteiger charge is -2.14. The molecular formula is C12H24ClN3O2. The molecule has 1 rings (SSSR count). The summed E-state index contributed by atoms with van der Waals surface area (Å²) in [7, 11) is 0. The molecule has 0 saturated carbocycles. The molecule has 2 unspecified atom stereocenters. The summed E-state index contributed by atoms with van der Waals surface area (Å²) in [5.41, 5.74) is 0. The Morgan fingerprint density at radius 1 is 1.44 bits per heavy atom. The van der Waals surface area contributed by atoms with Crippen LogP contribution in [0.3, 0.4) is 0 Å². The van der Waals surface area contributed by atoms with Crippen molar-refractivity contribution in [3.8, 4) is 0 Å². The molecule has 106 valence electrons. The topological polar surface area (TPSA) is 70.2 Å². The highest BCUT2D eigenvalue weighted by molar-refractivity contribution is 5.87. The maximum Gasteiger partial charge on any atom is 0.242 e. The van der Waals surface area contributed by atoms with Gasteiger partial charge in [-0.05, 0) is 45.7 Å². The highest BCUT2D eigenvalue weighted by atomic mass is 35.5. The Balaban J connectivity index is 0.00000289. The average molecular weight is 278 g/mol. The molecule has 0 radical (unpaired) electrons. The summed E-state index contributed by atoms with van der Waals surface area (Å²) < 4.78 is 0. The largest absolute Gasteiger partial charge is 0.355 e. The number of amides is 2. The first kappa shape index (κ1) is 17.2. The fourth-order valence-electron chi connectivity index (χ4n) is 2.00.